The molecule has 0 N–H and O–H groups in total. The molecule has 0 aromatic heterocycles. The zero-order valence-corrected chi connectivity index (χ0v) is 15.7. The number of nitrogens with zero attached hydrogens (tertiary/aromatic N) is 2. The standard InChI is InChI=1S/C21H26N2O4/c1-27-15-10-8-14(9-11-15)18-7-4-12-22(18)19(24)13-23-20(25)16-5-2-3-6-17(16)21(23)26/h8-11,16-18H,2-7,12-13H2,1H3/t16-,17+,18-/m0/s1. The normalized spacial score (nSPS) is 27.8. The molecule has 0 radical (unpaired) electrons. The monoisotopic (exact) mass is 370 g/mol. The van der Waals surface area contributed by atoms with Gasteiger partial charge in [-0.1, -0.05) is 25.0 Å². The Balaban J connectivity index is 1.47. The van der Waals surface area contributed by atoms with Crippen LogP contribution >= 0.6 is 0 Å². The molecule has 1 aromatic carbocycles. The summed E-state index contributed by atoms with van der Waals surface area (Å²) in [5.74, 6) is -0.0272. The number of imide groups is 1. The molecule has 4 rings (SSSR count). The summed E-state index contributed by atoms with van der Waals surface area (Å²) in [6.45, 7) is 0.552. The number of amides is 3. The van der Waals surface area contributed by atoms with E-state index in [1.54, 1.807) is 7.11 Å². The Hall–Kier alpha value is -2.37. The van der Waals surface area contributed by atoms with Crippen molar-refractivity contribution in [1.29, 1.82) is 0 Å². The summed E-state index contributed by atoms with van der Waals surface area (Å²) in [6.07, 6.45) is 5.36. The summed E-state index contributed by atoms with van der Waals surface area (Å²) in [7, 11) is 1.63. The Kier molecular flexibility index (Phi) is 4.89. The Morgan fingerprint density at radius 2 is 1.63 bits per heavy atom. The molecule has 144 valence electrons. The number of likely N-dealkylation sites (tertiary alicyclic amines) is 2. The van der Waals surface area contributed by atoms with Gasteiger partial charge in [-0.2, -0.15) is 0 Å². The van der Waals surface area contributed by atoms with Crippen LogP contribution in [0.3, 0.4) is 0 Å². The molecule has 6 heteroatoms. The van der Waals surface area contributed by atoms with Gasteiger partial charge in [0.15, 0.2) is 0 Å². The van der Waals surface area contributed by atoms with Gasteiger partial charge in [-0.15, -0.1) is 0 Å². The summed E-state index contributed by atoms with van der Waals surface area (Å²) >= 11 is 0. The van der Waals surface area contributed by atoms with Crippen molar-refractivity contribution >= 4 is 17.7 Å². The van der Waals surface area contributed by atoms with E-state index in [9.17, 15) is 14.4 Å². The van der Waals surface area contributed by atoms with Crippen molar-refractivity contribution in [2.75, 3.05) is 20.2 Å². The number of carbonyl (C=O) groups is 3. The minimum absolute atomic E-state index is 0.00140. The minimum Gasteiger partial charge on any atom is -0.497 e. The topological polar surface area (TPSA) is 66.9 Å². The van der Waals surface area contributed by atoms with E-state index < -0.39 is 0 Å². The van der Waals surface area contributed by atoms with Gasteiger partial charge in [0.2, 0.25) is 17.7 Å². The van der Waals surface area contributed by atoms with Gasteiger partial charge < -0.3 is 9.64 Å². The highest BCUT2D eigenvalue weighted by Crippen LogP contribution is 2.38. The van der Waals surface area contributed by atoms with E-state index in [0.717, 1.165) is 49.8 Å². The molecule has 3 aliphatic rings. The molecule has 2 heterocycles. The van der Waals surface area contributed by atoms with Gasteiger partial charge in [-0.25, -0.2) is 0 Å². The molecule has 2 saturated heterocycles. The van der Waals surface area contributed by atoms with Gasteiger partial charge in [-0.05, 0) is 43.4 Å². The summed E-state index contributed by atoms with van der Waals surface area (Å²) in [5, 5.41) is 0. The van der Waals surface area contributed by atoms with E-state index in [0.29, 0.717) is 6.54 Å². The Morgan fingerprint density at radius 3 is 2.22 bits per heavy atom. The lowest BCUT2D eigenvalue weighted by molar-refractivity contribution is -0.147. The van der Waals surface area contributed by atoms with Gasteiger partial charge in [0.05, 0.1) is 25.0 Å². The summed E-state index contributed by atoms with van der Waals surface area (Å²) in [4.78, 5) is 41.3. The number of methoxy groups -OCH3 is 1. The maximum atomic E-state index is 13.0. The SMILES string of the molecule is COc1ccc([C@@H]2CCCN2C(=O)CN2C(=O)[C@H]3CCCC[C@H]3C2=O)cc1. The maximum absolute atomic E-state index is 13.0. The van der Waals surface area contributed by atoms with Crippen LogP contribution in [-0.2, 0) is 14.4 Å². The van der Waals surface area contributed by atoms with Crippen LogP contribution in [0.1, 0.15) is 50.1 Å². The summed E-state index contributed by atoms with van der Waals surface area (Å²) < 4.78 is 5.20. The van der Waals surface area contributed by atoms with E-state index in [1.165, 1.54) is 4.90 Å². The largest absolute Gasteiger partial charge is 0.497 e. The number of hydrogen-bond acceptors (Lipinski definition) is 4. The Bertz CT molecular complexity index is 721. The third kappa shape index (κ3) is 3.22. The van der Waals surface area contributed by atoms with Gasteiger partial charge in [0, 0.05) is 6.54 Å². The molecule has 2 aliphatic heterocycles. The minimum atomic E-state index is -0.199. The lowest BCUT2D eigenvalue weighted by Crippen LogP contribution is -2.43. The average molecular weight is 370 g/mol. The fourth-order valence-corrected chi connectivity index (χ4v) is 4.85. The molecule has 1 aromatic rings. The van der Waals surface area contributed by atoms with Crippen molar-refractivity contribution in [1.82, 2.24) is 9.80 Å². The van der Waals surface area contributed by atoms with Crippen molar-refractivity contribution in [3.05, 3.63) is 29.8 Å². The molecule has 3 fully saturated rings. The Morgan fingerprint density at radius 1 is 1.00 bits per heavy atom. The summed E-state index contributed by atoms with van der Waals surface area (Å²) in [5.41, 5.74) is 1.06. The highest BCUT2D eigenvalue weighted by molar-refractivity contribution is 6.07. The molecular formula is C21H26N2O4. The van der Waals surface area contributed by atoms with E-state index in [4.69, 9.17) is 4.74 Å². The van der Waals surface area contributed by atoms with Gasteiger partial charge in [0.25, 0.3) is 0 Å². The third-order valence-electron chi connectivity index (χ3n) is 6.30. The number of rotatable bonds is 4. The van der Waals surface area contributed by atoms with E-state index in [-0.39, 0.29) is 42.1 Å². The first-order chi connectivity index (χ1) is 13.1. The van der Waals surface area contributed by atoms with E-state index >= 15 is 0 Å². The van der Waals surface area contributed by atoms with Crippen molar-refractivity contribution < 1.29 is 19.1 Å². The summed E-state index contributed by atoms with van der Waals surface area (Å²) in [6, 6.07) is 7.76. The van der Waals surface area contributed by atoms with Crippen LogP contribution in [0.25, 0.3) is 0 Å². The van der Waals surface area contributed by atoms with Gasteiger partial charge in [-0.3, -0.25) is 19.3 Å². The third-order valence-corrected chi connectivity index (χ3v) is 6.30. The molecule has 6 nitrogen and oxygen atoms in total. The number of benzene rings is 1. The van der Waals surface area contributed by atoms with Crippen LogP contribution in [-0.4, -0.2) is 47.7 Å². The fourth-order valence-electron chi connectivity index (χ4n) is 4.85. The second-order valence-electron chi connectivity index (χ2n) is 7.78. The molecule has 3 atom stereocenters. The second kappa shape index (κ2) is 7.33. The van der Waals surface area contributed by atoms with Crippen LogP contribution in [0, 0.1) is 11.8 Å². The van der Waals surface area contributed by atoms with Gasteiger partial charge >= 0.3 is 0 Å². The molecule has 0 spiro atoms. The van der Waals surface area contributed by atoms with Crippen LogP contribution in [0.2, 0.25) is 0 Å². The molecule has 3 amide bonds. The van der Waals surface area contributed by atoms with Crippen molar-refractivity contribution in [3.63, 3.8) is 0 Å². The smallest absolute Gasteiger partial charge is 0.243 e. The maximum Gasteiger partial charge on any atom is 0.243 e. The zero-order valence-electron chi connectivity index (χ0n) is 15.7. The number of ether oxygens (including phenoxy) is 1. The molecule has 1 aliphatic carbocycles. The van der Waals surface area contributed by atoms with Crippen molar-refractivity contribution in [2.45, 2.75) is 44.6 Å². The molecule has 0 bridgehead atoms. The zero-order chi connectivity index (χ0) is 19.0. The van der Waals surface area contributed by atoms with Crippen molar-refractivity contribution in [2.24, 2.45) is 11.8 Å². The van der Waals surface area contributed by atoms with E-state index in [2.05, 4.69) is 0 Å². The molecule has 1 saturated carbocycles. The average Bonchev–Trinajstić information content (AvgIpc) is 3.28. The number of fused-ring (bicyclic) bond motifs is 1. The lowest BCUT2D eigenvalue weighted by atomic mass is 9.81. The van der Waals surface area contributed by atoms with E-state index in [1.807, 2.05) is 29.2 Å². The second-order valence-corrected chi connectivity index (χ2v) is 7.78. The quantitative estimate of drug-likeness (QED) is 0.764. The number of hydrogen-bond donors (Lipinski definition) is 0. The van der Waals surface area contributed by atoms with Crippen LogP contribution in [0.5, 0.6) is 5.75 Å². The first-order valence-electron chi connectivity index (χ1n) is 9.89. The fraction of sp³-hybridized carbons (Fsp3) is 0.571. The highest BCUT2D eigenvalue weighted by Gasteiger charge is 2.49. The predicted octanol–water partition coefficient (Wildman–Crippen LogP) is 2.53. The van der Waals surface area contributed by atoms with Crippen molar-refractivity contribution in [3.8, 4) is 5.75 Å². The number of carbonyl (C=O) groups excluding carboxylic acids is 3. The molecular weight excluding hydrogens is 344 g/mol. The van der Waals surface area contributed by atoms with Crippen LogP contribution in [0.4, 0.5) is 0 Å². The van der Waals surface area contributed by atoms with Crippen LogP contribution < -0.4 is 4.74 Å². The first-order valence-corrected chi connectivity index (χ1v) is 9.89. The van der Waals surface area contributed by atoms with Gasteiger partial charge in [0.1, 0.15) is 12.3 Å². The highest BCUT2D eigenvalue weighted by atomic mass is 16.5. The Labute approximate surface area is 159 Å². The molecule has 27 heavy (non-hydrogen) atoms. The molecule has 0 unspecified atom stereocenters. The first kappa shape index (κ1) is 18.0. The van der Waals surface area contributed by atoms with Crippen LogP contribution in [0.15, 0.2) is 24.3 Å². The lowest BCUT2D eigenvalue weighted by Gasteiger charge is -2.27. The predicted molar refractivity (Wildman–Crippen MR) is 98.9 cm³/mol.